The molecule has 126 valence electrons. The lowest BCUT2D eigenvalue weighted by atomic mass is 10.3. The summed E-state index contributed by atoms with van der Waals surface area (Å²) in [5.41, 5.74) is 2.29. The first-order valence-corrected chi connectivity index (χ1v) is 8.63. The summed E-state index contributed by atoms with van der Waals surface area (Å²) >= 11 is 0. The number of anilines is 1. The van der Waals surface area contributed by atoms with E-state index in [0.717, 1.165) is 5.69 Å². The molecule has 0 fully saturated rings. The van der Waals surface area contributed by atoms with E-state index in [1.165, 1.54) is 12.1 Å². The number of hydrogen-bond donors (Lipinski definition) is 1. The number of hydrogen-bond acceptors (Lipinski definition) is 6. The number of nitrogens with one attached hydrogen (secondary N) is 1. The fourth-order valence-electron chi connectivity index (χ4n) is 1.85. The van der Waals surface area contributed by atoms with E-state index in [1.54, 1.807) is 12.1 Å². The molecule has 0 radical (unpaired) electrons. The zero-order valence-corrected chi connectivity index (χ0v) is 14.2. The zero-order valence-electron chi connectivity index (χ0n) is 13.4. The van der Waals surface area contributed by atoms with Crippen LogP contribution in [0.5, 0.6) is 0 Å². The van der Waals surface area contributed by atoms with Crippen molar-refractivity contribution in [3.8, 4) is 0 Å². The van der Waals surface area contributed by atoms with E-state index in [4.69, 9.17) is 0 Å². The Hall–Kier alpha value is -2.58. The molecule has 2 aromatic rings. The average molecular weight is 346 g/mol. The molecule has 0 saturated heterocycles. The van der Waals surface area contributed by atoms with Crippen LogP contribution in [0.2, 0.25) is 0 Å². The SMILES string of the molecule is CN(C)c1ccc(/N=N/c2ccc(S(=O)(=O)NCC=O)cc2)cc1. The lowest BCUT2D eigenvalue weighted by molar-refractivity contribution is -0.106. The average Bonchev–Trinajstić information content (AvgIpc) is 2.59. The van der Waals surface area contributed by atoms with Gasteiger partial charge < -0.3 is 9.69 Å². The lowest BCUT2D eigenvalue weighted by Crippen LogP contribution is -2.25. The standard InChI is InChI=1S/C16H18N4O3S/c1-20(2)15-7-3-13(4-8-15)18-19-14-5-9-16(10-6-14)24(22,23)17-11-12-21/h3-10,12,17H,11H2,1-2H3/b19-18+. The van der Waals surface area contributed by atoms with Gasteiger partial charge in [0.15, 0.2) is 0 Å². The number of carbonyl (C=O) groups excluding carboxylic acids is 1. The molecule has 0 aromatic heterocycles. The van der Waals surface area contributed by atoms with Crippen molar-refractivity contribution in [2.24, 2.45) is 10.2 Å². The number of azo groups is 1. The third kappa shape index (κ3) is 4.71. The molecule has 0 aliphatic rings. The molecular weight excluding hydrogens is 328 g/mol. The van der Waals surface area contributed by atoms with Gasteiger partial charge in [-0.1, -0.05) is 0 Å². The van der Waals surface area contributed by atoms with Crippen molar-refractivity contribution in [1.29, 1.82) is 0 Å². The quantitative estimate of drug-likeness (QED) is 0.616. The number of benzene rings is 2. The van der Waals surface area contributed by atoms with E-state index < -0.39 is 10.0 Å². The number of nitrogens with zero attached hydrogens (tertiary/aromatic N) is 3. The minimum Gasteiger partial charge on any atom is -0.378 e. The summed E-state index contributed by atoms with van der Waals surface area (Å²) in [5.74, 6) is 0. The first kappa shape index (κ1) is 17.8. The van der Waals surface area contributed by atoms with Gasteiger partial charge in [0, 0.05) is 19.8 Å². The fourth-order valence-corrected chi connectivity index (χ4v) is 2.80. The lowest BCUT2D eigenvalue weighted by Gasteiger charge is -2.11. The Kier molecular flexibility index (Phi) is 5.78. The Balaban J connectivity index is 2.09. The second kappa shape index (κ2) is 7.80. The maximum Gasteiger partial charge on any atom is 0.240 e. The molecule has 2 rings (SSSR count). The van der Waals surface area contributed by atoms with Crippen LogP contribution in [-0.4, -0.2) is 35.3 Å². The van der Waals surface area contributed by atoms with Crippen molar-refractivity contribution in [2.75, 3.05) is 25.5 Å². The number of carbonyl (C=O) groups is 1. The largest absolute Gasteiger partial charge is 0.378 e. The van der Waals surface area contributed by atoms with Crippen molar-refractivity contribution in [1.82, 2.24) is 4.72 Å². The molecule has 2 aromatic carbocycles. The van der Waals surface area contributed by atoms with Gasteiger partial charge in [-0.3, -0.25) is 0 Å². The predicted octanol–water partition coefficient (Wildman–Crippen LogP) is 2.65. The summed E-state index contributed by atoms with van der Waals surface area (Å²) in [6, 6.07) is 13.5. The first-order chi connectivity index (χ1) is 11.4. The molecule has 0 unspecified atom stereocenters. The molecule has 7 nitrogen and oxygen atoms in total. The van der Waals surface area contributed by atoms with E-state index in [9.17, 15) is 13.2 Å². The smallest absolute Gasteiger partial charge is 0.240 e. The van der Waals surface area contributed by atoms with E-state index in [-0.39, 0.29) is 11.4 Å². The highest BCUT2D eigenvalue weighted by molar-refractivity contribution is 7.89. The third-order valence-electron chi connectivity index (χ3n) is 3.15. The summed E-state index contributed by atoms with van der Waals surface area (Å²) in [6.45, 7) is -0.257. The van der Waals surface area contributed by atoms with Crippen molar-refractivity contribution in [3.63, 3.8) is 0 Å². The molecule has 0 heterocycles. The van der Waals surface area contributed by atoms with Gasteiger partial charge in [0.1, 0.15) is 6.29 Å². The summed E-state index contributed by atoms with van der Waals surface area (Å²) in [6.07, 6.45) is 0.488. The van der Waals surface area contributed by atoms with Gasteiger partial charge in [-0.2, -0.15) is 10.2 Å². The fraction of sp³-hybridized carbons (Fsp3) is 0.188. The van der Waals surface area contributed by atoms with Crippen LogP contribution in [0.25, 0.3) is 0 Å². The van der Waals surface area contributed by atoms with Gasteiger partial charge in [-0.15, -0.1) is 0 Å². The van der Waals surface area contributed by atoms with Crippen molar-refractivity contribution >= 4 is 33.4 Å². The Morgan fingerprint density at radius 1 is 0.958 bits per heavy atom. The Bertz CT molecular complexity index is 813. The van der Waals surface area contributed by atoms with Crippen LogP contribution in [0.4, 0.5) is 17.1 Å². The molecule has 0 bridgehead atoms. The molecule has 0 amide bonds. The highest BCUT2D eigenvalue weighted by Crippen LogP contribution is 2.22. The van der Waals surface area contributed by atoms with Crippen molar-refractivity contribution < 1.29 is 13.2 Å². The van der Waals surface area contributed by atoms with Crippen LogP contribution in [0.15, 0.2) is 63.7 Å². The maximum absolute atomic E-state index is 11.8. The summed E-state index contributed by atoms with van der Waals surface area (Å²) < 4.78 is 25.8. The Morgan fingerprint density at radius 3 is 1.92 bits per heavy atom. The van der Waals surface area contributed by atoms with Crippen molar-refractivity contribution in [2.45, 2.75) is 4.90 Å². The minimum absolute atomic E-state index is 0.0682. The molecule has 0 atom stereocenters. The zero-order chi connectivity index (χ0) is 17.6. The van der Waals surface area contributed by atoms with Crippen LogP contribution >= 0.6 is 0 Å². The first-order valence-electron chi connectivity index (χ1n) is 7.15. The summed E-state index contributed by atoms with van der Waals surface area (Å²) in [5, 5.41) is 8.19. The van der Waals surface area contributed by atoms with Crippen LogP contribution < -0.4 is 9.62 Å². The second-order valence-electron chi connectivity index (χ2n) is 5.12. The van der Waals surface area contributed by atoms with Gasteiger partial charge in [0.2, 0.25) is 10.0 Å². The van der Waals surface area contributed by atoms with Gasteiger partial charge in [0.25, 0.3) is 0 Å². The van der Waals surface area contributed by atoms with E-state index >= 15 is 0 Å². The van der Waals surface area contributed by atoms with Gasteiger partial charge >= 0.3 is 0 Å². The Morgan fingerprint density at radius 2 is 1.46 bits per heavy atom. The number of sulfonamides is 1. The van der Waals surface area contributed by atoms with E-state index in [2.05, 4.69) is 15.0 Å². The third-order valence-corrected chi connectivity index (χ3v) is 4.59. The molecule has 24 heavy (non-hydrogen) atoms. The minimum atomic E-state index is -3.68. The summed E-state index contributed by atoms with van der Waals surface area (Å²) in [4.78, 5) is 12.3. The molecular formula is C16H18N4O3S. The highest BCUT2D eigenvalue weighted by Gasteiger charge is 2.12. The number of rotatable bonds is 7. The molecule has 8 heteroatoms. The molecule has 0 spiro atoms. The van der Waals surface area contributed by atoms with Gasteiger partial charge in [0.05, 0.1) is 22.8 Å². The summed E-state index contributed by atoms with van der Waals surface area (Å²) in [7, 11) is 0.231. The van der Waals surface area contributed by atoms with Crippen LogP contribution in [0.3, 0.4) is 0 Å². The van der Waals surface area contributed by atoms with Crippen LogP contribution in [0.1, 0.15) is 0 Å². The predicted molar refractivity (Wildman–Crippen MR) is 92.6 cm³/mol. The van der Waals surface area contributed by atoms with Crippen molar-refractivity contribution in [3.05, 3.63) is 48.5 Å². The topological polar surface area (TPSA) is 91.2 Å². The molecule has 1 N–H and O–H groups in total. The van der Waals surface area contributed by atoms with Crippen LogP contribution in [0, 0.1) is 0 Å². The maximum atomic E-state index is 11.8. The normalized spacial score (nSPS) is 11.6. The van der Waals surface area contributed by atoms with Gasteiger partial charge in [-0.05, 0) is 48.5 Å². The Labute approximate surface area is 141 Å². The monoisotopic (exact) mass is 346 g/mol. The molecule has 0 saturated carbocycles. The van der Waals surface area contributed by atoms with E-state index in [1.807, 2.05) is 43.3 Å². The molecule has 0 aliphatic carbocycles. The second-order valence-corrected chi connectivity index (χ2v) is 6.89. The number of aldehydes is 1. The van der Waals surface area contributed by atoms with Gasteiger partial charge in [-0.25, -0.2) is 13.1 Å². The van der Waals surface area contributed by atoms with Crippen LogP contribution in [-0.2, 0) is 14.8 Å². The molecule has 0 aliphatic heterocycles. The highest BCUT2D eigenvalue weighted by atomic mass is 32.2. The van der Waals surface area contributed by atoms with E-state index in [0.29, 0.717) is 17.7 Å².